The lowest BCUT2D eigenvalue weighted by Gasteiger charge is -2.25. The van der Waals surface area contributed by atoms with Gasteiger partial charge in [-0.1, -0.05) is 0 Å². The Hall–Kier alpha value is -2.37. The molecule has 1 atom stereocenters. The molecule has 0 aromatic carbocycles. The Morgan fingerprint density at radius 3 is 2.71 bits per heavy atom. The van der Waals surface area contributed by atoms with Crippen molar-refractivity contribution in [3.63, 3.8) is 0 Å². The van der Waals surface area contributed by atoms with Gasteiger partial charge in [-0.2, -0.15) is 5.10 Å². The Morgan fingerprint density at radius 1 is 1.33 bits per heavy atom. The van der Waals surface area contributed by atoms with Gasteiger partial charge in [-0.15, -0.1) is 0 Å². The molecule has 1 aliphatic heterocycles. The smallest absolute Gasteiger partial charge is 0.255 e. The molecule has 1 amide bonds. The lowest BCUT2D eigenvalue weighted by Crippen LogP contribution is -2.38. The number of aromatic nitrogens is 3. The minimum atomic E-state index is 0.0665. The summed E-state index contributed by atoms with van der Waals surface area (Å²) >= 11 is 0. The summed E-state index contributed by atoms with van der Waals surface area (Å²) in [6.07, 6.45) is 3.74. The molecule has 0 radical (unpaired) electrons. The minimum Gasteiger partial charge on any atom is -0.363 e. The van der Waals surface area contributed by atoms with Gasteiger partial charge in [-0.25, -0.2) is 4.98 Å². The molecule has 3 rings (SSSR count). The van der Waals surface area contributed by atoms with Crippen molar-refractivity contribution in [1.82, 2.24) is 19.7 Å². The first-order chi connectivity index (χ1) is 11.5. The normalized spacial score (nSPS) is 17.3. The third kappa shape index (κ3) is 3.27. The van der Waals surface area contributed by atoms with Crippen LogP contribution in [0.1, 0.15) is 34.6 Å². The van der Waals surface area contributed by atoms with Crippen molar-refractivity contribution in [2.24, 2.45) is 0 Å². The van der Waals surface area contributed by atoms with Crippen LogP contribution in [0.15, 0.2) is 24.4 Å². The van der Waals surface area contributed by atoms with Crippen LogP contribution in [0.2, 0.25) is 0 Å². The summed E-state index contributed by atoms with van der Waals surface area (Å²) in [7, 11) is 3.88. The maximum absolute atomic E-state index is 12.9. The molecule has 0 unspecified atom stereocenters. The van der Waals surface area contributed by atoms with Gasteiger partial charge in [0.05, 0.1) is 23.8 Å². The first kappa shape index (κ1) is 16.5. The maximum Gasteiger partial charge on any atom is 0.255 e. The molecule has 0 spiro atoms. The number of pyridine rings is 1. The van der Waals surface area contributed by atoms with Crippen LogP contribution in [0, 0.1) is 13.8 Å². The maximum atomic E-state index is 12.9. The summed E-state index contributed by atoms with van der Waals surface area (Å²) in [5.41, 5.74) is 2.82. The Kier molecular flexibility index (Phi) is 4.55. The van der Waals surface area contributed by atoms with Crippen LogP contribution in [-0.4, -0.2) is 52.3 Å². The van der Waals surface area contributed by atoms with Crippen molar-refractivity contribution < 1.29 is 4.79 Å². The van der Waals surface area contributed by atoms with Gasteiger partial charge in [0.25, 0.3) is 5.91 Å². The topological polar surface area (TPSA) is 54.3 Å². The van der Waals surface area contributed by atoms with Gasteiger partial charge in [0.15, 0.2) is 0 Å². The molecule has 1 saturated heterocycles. The van der Waals surface area contributed by atoms with Gasteiger partial charge in [0.2, 0.25) is 0 Å². The number of carbonyl (C=O) groups excluding carboxylic acids is 1. The lowest BCUT2D eigenvalue weighted by molar-refractivity contribution is 0.0720. The molecule has 1 fully saturated rings. The van der Waals surface area contributed by atoms with Gasteiger partial charge in [0.1, 0.15) is 5.82 Å². The first-order valence-corrected chi connectivity index (χ1v) is 8.41. The number of aryl methyl sites for hydroxylation is 2. The fourth-order valence-corrected chi connectivity index (χ4v) is 3.30. The monoisotopic (exact) mass is 327 g/mol. The molecule has 0 aliphatic carbocycles. The van der Waals surface area contributed by atoms with Gasteiger partial charge in [-0.05, 0) is 44.9 Å². The van der Waals surface area contributed by atoms with Crippen LogP contribution in [-0.2, 0) is 6.54 Å². The Morgan fingerprint density at radius 2 is 2.12 bits per heavy atom. The van der Waals surface area contributed by atoms with E-state index in [0.717, 1.165) is 43.1 Å². The van der Waals surface area contributed by atoms with E-state index in [2.05, 4.69) is 23.1 Å². The molecular weight excluding hydrogens is 302 g/mol. The zero-order chi connectivity index (χ0) is 17.3. The predicted octanol–water partition coefficient (Wildman–Crippen LogP) is 2.27. The van der Waals surface area contributed by atoms with Crippen LogP contribution in [0.3, 0.4) is 0 Å². The van der Waals surface area contributed by atoms with Crippen LogP contribution < -0.4 is 4.90 Å². The molecule has 6 heteroatoms. The summed E-state index contributed by atoms with van der Waals surface area (Å²) in [5.74, 6) is 0.920. The first-order valence-electron chi connectivity index (χ1n) is 8.41. The van der Waals surface area contributed by atoms with E-state index in [1.165, 1.54) is 0 Å². The van der Waals surface area contributed by atoms with E-state index in [1.54, 1.807) is 6.20 Å². The number of carbonyl (C=O) groups is 1. The molecule has 0 bridgehead atoms. The summed E-state index contributed by atoms with van der Waals surface area (Å²) in [6.45, 7) is 5.62. The second-order valence-electron chi connectivity index (χ2n) is 6.70. The molecule has 6 nitrogen and oxygen atoms in total. The molecule has 2 aromatic rings. The number of hydrogen-bond donors (Lipinski definition) is 0. The molecule has 0 N–H and O–H groups in total. The van der Waals surface area contributed by atoms with E-state index >= 15 is 0 Å². The average molecular weight is 327 g/mol. The number of nitrogens with zero attached hydrogens (tertiary/aromatic N) is 5. The second kappa shape index (κ2) is 6.63. The van der Waals surface area contributed by atoms with Crippen molar-refractivity contribution in [3.05, 3.63) is 41.3 Å². The van der Waals surface area contributed by atoms with E-state index in [4.69, 9.17) is 0 Å². The van der Waals surface area contributed by atoms with Crippen molar-refractivity contribution >= 4 is 11.7 Å². The third-order valence-corrected chi connectivity index (χ3v) is 4.58. The zero-order valence-corrected chi connectivity index (χ0v) is 14.9. The highest BCUT2D eigenvalue weighted by Crippen LogP contribution is 2.22. The van der Waals surface area contributed by atoms with Crippen molar-refractivity contribution in [2.75, 3.05) is 25.5 Å². The van der Waals surface area contributed by atoms with Crippen molar-refractivity contribution in [2.45, 2.75) is 39.3 Å². The molecule has 0 saturated carbocycles. The Labute approximate surface area is 143 Å². The average Bonchev–Trinajstić information content (AvgIpc) is 3.13. The zero-order valence-electron chi connectivity index (χ0n) is 14.9. The quantitative estimate of drug-likeness (QED) is 0.864. The Bertz CT molecular complexity index is 720. The van der Waals surface area contributed by atoms with Gasteiger partial charge >= 0.3 is 0 Å². The SMILES string of the molecule is Cc1cc(C)n(C[C@H]2CCCN2C(=O)c2ccc(N(C)C)nc2)n1. The van der Waals surface area contributed by atoms with E-state index in [9.17, 15) is 4.79 Å². The fourth-order valence-electron chi connectivity index (χ4n) is 3.30. The van der Waals surface area contributed by atoms with Gasteiger partial charge in [0, 0.05) is 32.5 Å². The van der Waals surface area contributed by atoms with E-state index in [1.807, 2.05) is 47.6 Å². The minimum absolute atomic E-state index is 0.0665. The van der Waals surface area contributed by atoms with Crippen LogP contribution in [0.4, 0.5) is 5.82 Å². The summed E-state index contributed by atoms with van der Waals surface area (Å²) in [6, 6.07) is 6.03. The number of likely N-dealkylation sites (tertiary alicyclic amines) is 1. The number of anilines is 1. The van der Waals surface area contributed by atoms with E-state index in [0.29, 0.717) is 5.56 Å². The highest BCUT2D eigenvalue weighted by molar-refractivity contribution is 5.94. The summed E-state index contributed by atoms with van der Waals surface area (Å²) in [4.78, 5) is 21.1. The number of rotatable bonds is 4. The standard InChI is InChI=1S/C18H25N5O/c1-13-10-14(2)23(20-13)12-16-6-5-9-22(16)18(24)15-7-8-17(19-11-15)21(3)4/h7-8,10-11,16H,5-6,9,12H2,1-4H3/t16-/m1/s1. The van der Waals surface area contributed by atoms with E-state index < -0.39 is 0 Å². The molecule has 128 valence electrons. The highest BCUT2D eigenvalue weighted by atomic mass is 16.2. The largest absolute Gasteiger partial charge is 0.363 e. The molecule has 24 heavy (non-hydrogen) atoms. The van der Waals surface area contributed by atoms with Crippen molar-refractivity contribution in [3.8, 4) is 0 Å². The molecular formula is C18H25N5O. The molecule has 2 aromatic heterocycles. The lowest BCUT2D eigenvalue weighted by atomic mass is 10.2. The summed E-state index contributed by atoms with van der Waals surface area (Å²) < 4.78 is 2.01. The van der Waals surface area contributed by atoms with Crippen molar-refractivity contribution in [1.29, 1.82) is 0 Å². The Balaban J connectivity index is 1.74. The number of amides is 1. The third-order valence-electron chi connectivity index (χ3n) is 4.58. The second-order valence-corrected chi connectivity index (χ2v) is 6.70. The summed E-state index contributed by atoms with van der Waals surface area (Å²) in [5, 5.41) is 4.53. The highest BCUT2D eigenvalue weighted by Gasteiger charge is 2.30. The van der Waals surface area contributed by atoms with Crippen LogP contribution >= 0.6 is 0 Å². The van der Waals surface area contributed by atoms with Crippen LogP contribution in [0.5, 0.6) is 0 Å². The molecule has 3 heterocycles. The van der Waals surface area contributed by atoms with E-state index in [-0.39, 0.29) is 11.9 Å². The van der Waals surface area contributed by atoms with Gasteiger partial charge in [-0.3, -0.25) is 9.48 Å². The predicted molar refractivity (Wildman–Crippen MR) is 94.3 cm³/mol. The van der Waals surface area contributed by atoms with Gasteiger partial charge < -0.3 is 9.80 Å². The number of hydrogen-bond acceptors (Lipinski definition) is 4. The fraction of sp³-hybridized carbons (Fsp3) is 0.500. The molecule has 1 aliphatic rings. The van der Waals surface area contributed by atoms with Crippen LogP contribution in [0.25, 0.3) is 0 Å².